The van der Waals surface area contributed by atoms with Crippen molar-refractivity contribution in [2.24, 2.45) is 29.6 Å². The first-order valence-electron chi connectivity index (χ1n) is 31.4. The van der Waals surface area contributed by atoms with E-state index in [4.69, 9.17) is 23.4 Å². The molecule has 5 aromatic carbocycles. The third kappa shape index (κ3) is 9.42. The lowest BCUT2D eigenvalue weighted by Gasteiger charge is -2.52. The first-order valence-corrected chi connectivity index (χ1v) is 31.4. The summed E-state index contributed by atoms with van der Waals surface area (Å²) in [6, 6.07) is 38.7. The average Bonchev–Trinajstić information content (AvgIpc) is 1.32. The van der Waals surface area contributed by atoms with E-state index in [0.717, 1.165) is 36.0 Å². The molecule has 0 amide bonds. The smallest absolute Gasteiger partial charge is 0.340 e. The van der Waals surface area contributed by atoms with Crippen LogP contribution >= 0.6 is 0 Å². The van der Waals surface area contributed by atoms with Crippen molar-refractivity contribution in [2.45, 2.75) is 131 Å². The number of esters is 2. The Morgan fingerprint density at radius 2 is 1.62 bits per heavy atom. The van der Waals surface area contributed by atoms with Crippen LogP contribution in [0.4, 0.5) is 0 Å². The summed E-state index contributed by atoms with van der Waals surface area (Å²) in [5.74, 6) is -1.61. The Bertz CT molecular complexity index is 3840. The van der Waals surface area contributed by atoms with Crippen LogP contribution in [0.15, 0.2) is 166 Å². The van der Waals surface area contributed by atoms with Crippen LogP contribution in [0.3, 0.4) is 0 Å². The topological polar surface area (TPSA) is 162 Å². The largest absolute Gasteiger partial charge is 0.482 e. The third-order valence-electron chi connectivity index (χ3n) is 21.5. The van der Waals surface area contributed by atoms with Gasteiger partial charge in [0.25, 0.3) is 0 Å². The van der Waals surface area contributed by atoms with Gasteiger partial charge in [-0.1, -0.05) is 159 Å². The number of carbonyl (C=O) groups excluding carboxylic acids is 2. The fraction of sp³-hybridized carbons (Fsp3) is 0.400. The van der Waals surface area contributed by atoms with E-state index in [-0.39, 0.29) is 108 Å². The molecule has 86 heavy (non-hydrogen) atoms. The summed E-state index contributed by atoms with van der Waals surface area (Å²) in [6.07, 6.45) is 22.7. The molecule has 0 unspecified atom stereocenters. The molecule has 13 atom stereocenters. The lowest BCUT2D eigenvalue weighted by molar-refractivity contribution is -0.205. The van der Waals surface area contributed by atoms with Crippen molar-refractivity contribution < 1.29 is 48.3 Å². The van der Waals surface area contributed by atoms with Crippen LogP contribution in [0.5, 0.6) is 5.75 Å². The van der Waals surface area contributed by atoms with Gasteiger partial charge in [-0.15, -0.1) is 0 Å². The predicted octanol–water partition coefficient (Wildman–Crippen LogP) is 13.3. The molecule has 9 aliphatic rings. The maximum absolute atomic E-state index is 15.9. The van der Waals surface area contributed by atoms with Gasteiger partial charge in [-0.05, 0) is 149 Å². The zero-order valence-electron chi connectivity index (χ0n) is 49.1. The van der Waals surface area contributed by atoms with Crippen molar-refractivity contribution in [1.29, 1.82) is 0 Å². The normalized spacial score (nSPS) is 30.6. The van der Waals surface area contributed by atoms with Gasteiger partial charge in [-0.3, -0.25) is 4.79 Å². The monoisotopic (exact) mass is 1150 g/mol. The van der Waals surface area contributed by atoms with Gasteiger partial charge in [0.2, 0.25) is 0 Å². The van der Waals surface area contributed by atoms with E-state index in [9.17, 15) is 20.1 Å². The lowest BCUT2D eigenvalue weighted by atomic mass is 9.56. The molecule has 11 nitrogen and oxygen atoms in total. The summed E-state index contributed by atoms with van der Waals surface area (Å²) >= 11 is 0. The number of allylic oxidation sites excluding steroid dienone is 5. The summed E-state index contributed by atoms with van der Waals surface area (Å²) in [6.45, 7) is 0.654. The van der Waals surface area contributed by atoms with Crippen LogP contribution in [0.25, 0.3) is 23.1 Å². The second kappa shape index (κ2) is 23.0. The number of hydrogen-bond acceptors (Lipinski definition) is 11. The number of aryl methyl sites for hydroxylation is 1. The minimum Gasteiger partial charge on any atom is -0.482 e. The molecule has 0 saturated heterocycles. The molecule has 3 aliphatic heterocycles. The molecule has 2 saturated carbocycles. The van der Waals surface area contributed by atoms with E-state index in [1.807, 2.05) is 0 Å². The quantitative estimate of drug-likeness (QED) is 0.0547. The van der Waals surface area contributed by atoms with Gasteiger partial charge >= 0.3 is 17.6 Å². The Hall–Kier alpha value is -7.41. The molecular formula is C75H76O11. The van der Waals surface area contributed by atoms with Crippen LogP contribution in [-0.2, 0) is 42.2 Å². The zero-order valence-corrected chi connectivity index (χ0v) is 49.1. The maximum atomic E-state index is 15.9. The zero-order chi connectivity index (χ0) is 58.8. The van der Waals surface area contributed by atoms with E-state index in [1.165, 1.54) is 41.3 Å². The SMILES string of the molecule is COC[C@@H](CCO)c1c(CO)c2ccc3c(c2oc1=O)[C@H]1OC(=O)C[C@@H]2C[C@@H](c4cccc([C@]56CCCC[C@@H]5C=Cc5ccccc56)c4)C=C[C@H]2c2ccc(cc2)CC/C(=C(\C)CO)C(=O)O[C@@H]1[C@@]1(CC=C[C@H]2[C@H]4C=Cc5ccccc5[C@H]4C[C@H]21)O3. The van der Waals surface area contributed by atoms with E-state index >= 15 is 9.59 Å². The lowest BCUT2D eigenvalue weighted by Crippen LogP contribution is -2.61. The number of aliphatic hydroxyl groups excluding tert-OH is 3. The summed E-state index contributed by atoms with van der Waals surface area (Å²) in [5.41, 5.74) is 9.02. The number of methoxy groups -OCH3 is 1. The standard InChI is InChI=1S/C75H76O11/c1-44(41-77)55-28-21-45-19-22-47(23-20-45)56-29-26-50(49-13-9-15-54(38-49)74-34-8-7-14-53(74)27-24-48-12-4-6-18-63(48)74)37-52(56)39-66(79)83-70-68-65(32-31-60-62(42-78)67(73(81)84-69(60)68)51(33-36-76)43-82-2)86-75(71(70)85-72(55)80)35-10-17-59-58-30-25-46-11-3-5-16-57(46)61(58)40-64(59)75/h3-6,9-13,15-20,22-27,29-32,38,50-53,56,58-59,61,64,70-71,76-78H,7-8,14,21,28,33-37,39-43H2,1-2H3/b55-44-/t50-,51+,52-,53+,56-,58+,59-,61+,64+,70+,71-,74-,75-/m0/s1. The highest BCUT2D eigenvalue weighted by Gasteiger charge is 2.64. The molecule has 2 bridgehead atoms. The number of aliphatic hydroxyl groups is 3. The third-order valence-corrected chi connectivity index (χ3v) is 21.5. The Kier molecular flexibility index (Phi) is 15.1. The van der Waals surface area contributed by atoms with Crippen molar-refractivity contribution in [3.8, 4) is 5.75 Å². The highest BCUT2D eigenvalue weighted by Crippen LogP contribution is 2.63. The summed E-state index contributed by atoms with van der Waals surface area (Å²) in [4.78, 5) is 46.2. The van der Waals surface area contributed by atoms with E-state index in [2.05, 4.69) is 146 Å². The first-order chi connectivity index (χ1) is 42.0. The van der Waals surface area contributed by atoms with Crippen molar-refractivity contribution >= 4 is 35.1 Å². The molecule has 4 heterocycles. The van der Waals surface area contributed by atoms with Gasteiger partial charge in [-0.25, -0.2) is 9.59 Å². The Balaban J connectivity index is 0.917. The van der Waals surface area contributed by atoms with E-state index < -0.39 is 47.9 Å². The highest BCUT2D eigenvalue weighted by molar-refractivity contribution is 5.91. The minimum absolute atomic E-state index is 0.00452. The molecule has 442 valence electrons. The molecule has 1 aromatic heterocycles. The Labute approximate surface area is 502 Å². The van der Waals surface area contributed by atoms with Gasteiger partial charge in [0.1, 0.15) is 11.3 Å². The summed E-state index contributed by atoms with van der Waals surface area (Å²) in [7, 11) is 1.52. The molecule has 6 aliphatic carbocycles. The molecular weight excluding hydrogens is 1080 g/mol. The molecule has 1 spiro atoms. The number of carbonyl (C=O) groups is 2. The number of rotatable bonds is 9. The Morgan fingerprint density at radius 3 is 2.44 bits per heavy atom. The highest BCUT2D eigenvalue weighted by atomic mass is 16.6. The van der Waals surface area contributed by atoms with Crippen molar-refractivity contribution in [3.63, 3.8) is 0 Å². The van der Waals surface area contributed by atoms with Gasteiger partial charge in [0.15, 0.2) is 17.8 Å². The van der Waals surface area contributed by atoms with Gasteiger partial charge in [0.05, 0.1) is 25.4 Å². The molecule has 6 aromatic rings. The molecule has 15 rings (SSSR count). The van der Waals surface area contributed by atoms with Crippen LogP contribution in [0.2, 0.25) is 0 Å². The second-order valence-corrected chi connectivity index (χ2v) is 25.7. The number of fused-ring (bicyclic) bond motifs is 20. The van der Waals surface area contributed by atoms with Crippen LogP contribution in [-0.4, -0.2) is 65.9 Å². The van der Waals surface area contributed by atoms with Gasteiger partial charge in [0, 0.05) is 72.2 Å². The van der Waals surface area contributed by atoms with E-state index in [0.29, 0.717) is 53.9 Å². The predicted molar refractivity (Wildman–Crippen MR) is 330 cm³/mol. The second-order valence-electron chi connectivity index (χ2n) is 25.7. The van der Waals surface area contributed by atoms with Crippen LogP contribution < -0.4 is 10.4 Å². The summed E-state index contributed by atoms with van der Waals surface area (Å²) in [5, 5.41) is 32.7. The van der Waals surface area contributed by atoms with Crippen molar-refractivity contribution in [3.05, 3.63) is 228 Å². The van der Waals surface area contributed by atoms with Crippen molar-refractivity contribution in [1.82, 2.24) is 0 Å². The van der Waals surface area contributed by atoms with Gasteiger partial charge in [-0.2, -0.15) is 0 Å². The minimum atomic E-state index is -1.38. The summed E-state index contributed by atoms with van der Waals surface area (Å²) < 4.78 is 33.9. The Morgan fingerprint density at radius 1 is 0.791 bits per heavy atom. The first kappa shape index (κ1) is 56.4. The van der Waals surface area contributed by atoms with Crippen LogP contribution in [0, 0.1) is 29.6 Å². The molecule has 11 heteroatoms. The van der Waals surface area contributed by atoms with Crippen molar-refractivity contribution in [2.75, 3.05) is 26.9 Å². The average molecular weight is 1150 g/mol. The number of benzene rings is 5. The van der Waals surface area contributed by atoms with Gasteiger partial charge < -0.3 is 38.7 Å². The molecule has 3 N–H and O–H groups in total. The molecule has 0 radical (unpaired) electrons. The van der Waals surface area contributed by atoms with Crippen LogP contribution in [0.1, 0.15) is 162 Å². The fourth-order valence-electron chi connectivity index (χ4n) is 17.4. The number of hydrogen-bond donors (Lipinski definition) is 3. The maximum Gasteiger partial charge on any atom is 0.340 e. The fourth-order valence-corrected chi connectivity index (χ4v) is 17.4. The number of ether oxygens (including phenoxy) is 4. The molecule has 2 fully saturated rings. The van der Waals surface area contributed by atoms with E-state index in [1.54, 1.807) is 19.1 Å².